The SMILES string of the molecule is Cc1ccc(/C=C2\OC(=O)OC2(C)C)cc1. The number of rotatable bonds is 1. The number of carbonyl (C=O) groups is 1. The minimum Gasteiger partial charge on any atom is -0.420 e. The fourth-order valence-corrected chi connectivity index (χ4v) is 1.51. The molecule has 0 N–H and O–H groups in total. The van der Waals surface area contributed by atoms with Crippen molar-refractivity contribution in [3.05, 3.63) is 41.2 Å². The van der Waals surface area contributed by atoms with Crippen molar-refractivity contribution >= 4 is 12.2 Å². The van der Waals surface area contributed by atoms with Crippen LogP contribution in [-0.2, 0) is 9.47 Å². The number of cyclic esters (lactones) is 2. The van der Waals surface area contributed by atoms with E-state index in [4.69, 9.17) is 9.47 Å². The maximum absolute atomic E-state index is 11.0. The van der Waals surface area contributed by atoms with Crippen LogP contribution < -0.4 is 0 Å². The van der Waals surface area contributed by atoms with Gasteiger partial charge in [0.05, 0.1) is 0 Å². The Morgan fingerprint density at radius 2 is 1.81 bits per heavy atom. The van der Waals surface area contributed by atoms with E-state index in [1.807, 2.05) is 37.3 Å². The van der Waals surface area contributed by atoms with Crippen LogP contribution in [0.3, 0.4) is 0 Å². The van der Waals surface area contributed by atoms with Crippen molar-refractivity contribution in [3.8, 4) is 0 Å². The molecule has 0 spiro atoms. The molecule has 1 saturated heterocycles. The monoisotopic (exact) mass is 218 g/mol. The lowest BCUT2D eigenvalue weighted by molar-refractivity contribution is 0.0873. The summed E-state index contributed by atoms with van der Waals surface area (Å²) in [7, 11) is 0. The van der Waals surface area contributed by atoms with Gasteiger partial charge in [-0.1, -0.05) is 29.8 Å². The molecule has 0 saturated carbocycles. The normalized spacial score (nSPS) is 20.7. The number of hydrogen-bond donors (Lipinski definition) is 0. The fourth-order valence-electron chi connectivity index (χ4n) is 1.51. The lowest BCUT2D eigenvalue weighted by Crippen LogP contribution is -2.20. The van der Waals surface area contributed by atoms with Crippen molar-refractivity contribution < 1.29 is 14.3 Å². The molecule has 0 atom stereocenters. The minimum absolute atomic E-state index is 0.543. The molecule has 1 aliphatic rings. The molecule has 0 radical (unpaired) electrons. The van der Waals surface area contributed by atoms with Crippen LogP contribution in [0.15, 0.2) is 30.0 Å². The van der Waals surface area contributed by atoms with E-state index >= 15 is 0 Å². The smallest absolute Gasteiger partial charge is 0.420 e. The molecule has 1 aliphatic heterocycles. The van der Waals surface area contributed by atoms with E-state index in [0.717, 1.165) is 5.56 Å². The van der Waals surface area contributed by atoms with Crippen LogP contribution in [0, 0.1) is 6.92 Å². The number of aryl methyl sites for hydroxylation is 1. The molecule has 16 heavy (non-hydrogen) atoms. The molecule has 1 fully saturated rings. The quantitative estimate of drug-likeness (QED) is 0.678. The topological polar surface area (TPSA) is 35.5 Å². The van der Waals surface area contributed by atoms with Crippen LogP contribution in [0.2, 0.25) is 0 Å². The Morgan fingerprint density at radius 1 is 1.19 bits per heavy atom. The predicted molar refractivity (Wildman–Crippen MR) is 60.8 cm³/mol. The minimum atomic E-state index is -0.679. The van der Waals surface area contributed by atoms with Crippen LogP contribution >= 0.6 is 0 Å². The fraction of sp³-hybridized carbons (Fsp3) is 0.308. The van der Waals surface area contributed by atoms with E-state index in [-0.39, 0.29) is 0 Å². The molecule has 3 heteroatoms. The van der Waals surface area contributed by atoms with Gasteiger partial charge in [0.25, 0.3) is 0 Å². The van der Waals surface area contributed by atoms with Gasteiger partial charge in [-0.15, -0.1) is 0 Å². The van der Waals surface area contributed by atoms with E-state index in [9.17, 15) is 4.79 Å². The van der Waals surface area contributed by atoms with Gasteiger partial charge in [-0.25, -0.2) is 4.79 Å². The highest BCUT2D eigenvalue weighted by atomic mass is 16.8. The third-order valence-corrected chi connectivity index (χ3v) is 2.50. The summed E-state index contributed by atoms with van der Waals surface area (Å²) in [6, 6.07) is 7.98. The van der Waals surface area contributed by atoms with Gasteiger partial charge in [-0.2, -0.15) is 0 Å². The van der Waals surface area contributed by atoms with E-state index < -0.39 is 11.8 Å². The summed E-state index contributed by atoms with van der Waals surface area (Å²) >= 11 is 0. The number of ether oxygens (including phenoxy) is 2. The van der Waals surface area contributed by atoms with Crippen LogP contribution in [0.4, 0.5) is 4.79 Å². The van der Waals surface area contributed by atoms with Crippen LogP contribution in [0.5, 0.6) is 0 Å². The lowest BCUT2D eigenvalue weighted by Gasteiger charge is -2.13. The zero-order valence-corrected chi connectivity index (χ0v) is 9.61. The zero-order chi connectivity index (χ0) is 11.8. The maximum atomic E-state index is 11.0. The van der Waals surface area contributed by atoms with Gasteiger partial charge in [0.1, 0.15) is 0 Å². The molecule has 0 aliphatic carbocycles. The maximum Gasteiger partial charge on any atom is 0.514 e. The average Bonchev–Trinajstić information content (AvgIpc) is 2.43. The highest BCUT2D eigenvalue weighted by molar-refractivity contribution is 5.69. The lowest BCUT2D eigenvalue weighted by atomic mass is 10.0. The molecule has 0 amide bonds. The number of benzene rings is 1. The molecule has 0 bridgehead atoms. The van der Waals surface area contributed by atoms with Gasteiger partial charge in [-0.3, -0.25) is 0 Å². The summed E-state index contributed by atoms with van der Waals surface area (Å²) in [4.78, 5) is 11.0. The summed E-state index contributed by atoms with van der Waals surface area (Å²) in [5.74, 6) is 0.543. The molecule has 0 aromatic heterocycles. The van der Waals surface area contributed by atoms with Crippen LogP contribution in [0.25, 0.3) is 6.08 Å². The first-order valence-corrected chi connectivity index (χ1v) is 5.17. The van der Waals surface area contributed by atoms with Gasteiger partial charge in [0, 0.05) is 0 Å². The van der Waals surface area contributed by atoms with Crippen molar-refractivity contribution in [1.29, 1.82) is 0 Å². The second-order valence-electron chi connectivity index (χ2n) is 4.38. The van der Waals surface area contributed by atoms with Crippen molar-refractivity contribution in [2.45, 2.75) is 26.4 Å². The Hall–Kier alpha value is -1.77. The average molecular weight is 218 g/mol. The van der Waals surface area contributed by atoms with E-state index in [0.29, 0.717) is 5.76 Å². The third kappa shape index (κ3) is 2.08. The Kier molecular flexibility index (Phi) is 2.46. The highest BCUT2D eigenvalue weighted by Crippen LogP contribution is 2.31. The van der Waals surface area contributed by atoms with Crippen molar-refractivity contribution in [2.75, 3.05) is 0 Å². The van der Waals surface area contributed by atoms with Gasteiger partial charge >= 0.3 is 6.16 Å². The summed E-state index contributed by atoms with van der Waals surface area (Å²) in [6.07, 6.45) is 1.19. The highest BCUT2D eigenvalue weighted by Gasteiger charge is 2.38. The molecular formula is C13H14O3. The van der Waals surface area contributed by atoms with Gasteiger partial charge in [0.15, 0.2) is 11.4 Å². The van der Waals surface area contributed by atoms with Gasteiger partial charge in [-0.05, 0) is 32.4 Å². The van der Waals surface area contributed by atoms with Crippen molar-refractivity contribution in [2.24, 2.45) is 0 Å². The Morgan fingerprint density at radius 3 is 2.31 bits per heavy atom. The van der Waals surface area contributed by atoms with Gasteiger partial charge < -0.3 is 9.47 Å². The number of hydrogen-bond acceptors (Lipinski definition) is 3. The second-order valence-corrected chi connectivity index (χ2v) is 4.38. The number of carbonyl (C=O) groups excluding carboxylic acids is 1. The molecule has 3 nitrogen and oxygen atoms in total. The standard InChI is InChI=1S/C13H14O3/c1-9-4-6-10(7-5-9)8-11-13(2,3)16-12(14)15-11/h4-8H,1-3H3/b11-8-. The Bertz CT molecular complexity index is 441. The Balaban J connectivity index is 2.31. The zero-order valence-electron chi connectivity index (χ0n) is 9.61. The molecule has 84 valence electrons. The molecule has 1 aromatic carbocycles. The van der Waals surface area contributed by atoms with Crippen molar-refractivity contribution in [1.82, 2.24) is 0 Å². The van der Waals surface area contributed by atoms with E-state index in [2.05, 4.69) is 0 Å². The largest absolute Gasteiger partial charge is 0.514 e. The second kappa shape index (κ2) is 3.67. The molecule has 2 rings (SSSR count). The summed E-state index contributed by atoms with van der Waals surface area (Å²) in [6.45, 7) is 5.63. The predicted octanol–water partition coefficient (Wildman–Crippen LogP) is 3.28. The van der Waals surface area contributed by atoms with E-state index in [1.54, 1.807) is 13.8 Å². The first-order chi connectivity index (χ1) is 7.47. The van der Waals surface area contributed by atoms with Crippen LogP contribution in [-0.4, -0.2) is 11.8 Å². The van der Waals surface area contributed by atoms with Crippen LogP contribution in [0.1, 0.15) is 25.0 Å². The van der Waals surface area contributed by atoms with Crippen molar-refractivity contribution in [3.63, 3.8) is 0 Å². The summed E-state index contributed by atoms with van der Waals surface area (Å²) in [5, 5.41) is 0. The molecule has 1 heterocycles. The summed E-state index contributed by atoms with van der Waals surface area (Å²) in [5.41, 5.74) is 1.51. The Labute approximate surface area is 94.7 Å². The molecule has 1 aromatic rings. The molecule has 0 unspecified atom stereocenters. The van der Waals surface area contributed by atoms with Gasteiger partial charge in [0.2, 0.25) is 0 Å². The third-order valence-electron chi connectivity index (χ3n) is 2.50. The molecular weight excluding hydrogens is 204 g/mol. The summed E-state index contributed by atoms with van der Waals surface area (Å²) < 4.78 is 10.0. The first-order valence-electron chi connectivity index (χ1n) is 5.17. The van der Waals surface area contributed by atoms with E-state index in [1.165, 1.54) is 5.56 Å². The first kappa shape index (κ1) is 10.7.